The van der Waals surface area contributed by atoms with Gasteiger partial charge in [-0.1, -0.05) is 26.7 Å². The molecule has 16 heavy (non-hydrogen) atoms. The average molecular weight is 305 g/mol. The second-order valence-corrected chi connectivity index (χ2v) is 6.22. The Kier molecular flexibility index (Phi) is 5.98. The molecule has 1 aromatic rings. The first kappa shape index (κ1) is 13.6. The van der Waals surface area contributed by atoms with Gasteiger partial charge in [-0.3, -0.25) is 4.79 Å². The Morgan fingerprint density at radius 1 is 1.62 bits per heavy atom. The highest BCUT2D eigenvalue weighted by Gasteiger charge is 2.09. The van der Waals surface area contributed by atoms with E-state index in [-0.39, 0.29) is 5.91 Å². The summed E-state index contributed by atoms with van der Waals surface area (Å²) in [5.74, 6) is 0.658. The maximum Gasteiger partial charge on any atom is 0.263 e. The predicted molar refractivity (Wildman–Crippen MR) is 70.8 cm³/mol. The summed E-state index contributed by atoms with van der Waals surface area (Å²) in [5.41, 5.74) is 0. The van der Waals surface area contributed by atoms with Crippen LogP contribution in [0.25, 0.3) is 0 Å². The molecule has 0 aliphatic carbocycles. The van der Waals surface area contributed by atoms with Crippen molar-refractivity contribution < 1.29 is 4.79 Å². The van der Waals surface area contributed by atoms with Crippen LogP contribution in [0.1, 0.15) is 42.8 Å². The van der Waals surface area contributed by atoms with Gasteiger partial charge < -0.3 is 5.32 Å². The van der Waals surface area contributed by atoms with Gasteiger partial charge in [0.2, 0.25) is 0 Å². The van der Waals surface area contributed by atoms with E-state index in [1.54, 1.807) is 6.20 Å². The molecule has 0 bridgehead atoms. The number of thiazole rings is 1. The molecule has 1 atom stereocenters. The first-order chi connectivity index (χ1) is 7.63. The molecule has 1 amide bonds. The van der Waals surface area contributed by atoms with E-state index in [2.05, 4.69) is 40.1 Å². The highest BCUT2D eigenvalue weighted by molar-refractivity contribution is 9.11. The highest BCUT2D eigenvalue weighted by Crippen LogP contribution is 2.18. The van der Waals surface area contributed by atoms with E-state index in [0.29, 0.717) is 10.8 Å². The number of hydrogen-bond acceptors (Lipinski definition) is 3. The number of nitrogens with one attached hydrogen (secondary N) is 1. The molecule has 0 aromatic carbocycles. The van der Waals surface area contributed by atoms with Crippen molar-refractivity contribution in [2.75, 3.05) is 6.54 Å². The van der Waals surface area contributed by atoms with E-state index in [9.17, 15) is 4.79 Å². The van der Waals surface area contributed by atoms with E-state index in [0.717, 1.165) is 16.9 Å². The minimum absolute atomic E-state index is 0.0214. The van der Waals surface area contributed by atoms with Crippen molar-refractivity contribution in [3.05, 3.63) is 15.0 Å². The molecule has 3 nitrogen and oxygen atoms in total. The Bertz CT molecular complexity index is 340. The Balaban J connectivity index is 2.25. The van der Waals surface area contributed by atoms with Crippen molar-refractivity contribution in [1.82, 2.24) is 10.3 Å². The lowest BCUT2D eigenvalue weighted by molar-refractivity contribution is 0.0955. The lowest BCUT2D eigenvalue weighted by Crippen LogP contribution is -2.24. The third-order valence-electron chi connectivity index (χ3n) is 2.41. The van der Waals surface area contributed by atoms with Crippen LogP contribution in [0.4, 0.5) is 0 Å². The van der Waals surface area contributed by atoms with Gasteiger partial charge in [0.05, 0.1) is 6.20 Å². The molecular formula is C11H17BrN2OS. The molecule has 1 heterocycles. The molecule has 0 saturated heterocycles. The molecule has 1 rings (SSSR count). The van der Waals surface area contributed by atoms with Gasteiger partial charge in [-0.05, 0) is 28.3 Å². The topological polar surface area (TPSA) is 42.0 Å². The van der Waals surface area contributed by atoms with E-state index in [4.69, 9.17) is 0 Å². The van der Waals surface area contributed by atoms with Crippen LogP contribution in [0.15, 0.2) is 10.1 Å². The summed E-state index contributed by atoms with van der Waals surface area (Å²) in [6.07, 6.45) is 5.07. The first-order valence-corrected chi connectivity index (χ1v) is 7.14. The van der Waals surface area contributed by atoms with Crippen molar-refractivity contribution in [1.29, 1.82) is 0 Å². The summed E-state index contributed by atoms with van der Waals surface area (Å²) in [7, 11) is 0. The minimum atomic E-state index is -0.0214. The maximum absolute atomic E-state index is 11.6. The van der Waals surface area contributed by atoms with Gasteiger partial charge in [0.25, 0.3) is 5.91 Å². The second-order valence-electron chi connectivity index (χ2n) is 3.92. The van der Waals surface area contributed by atoms with Gasteiger partial charge >= 0.3 is 0 Å². The SMILES string of the molecule is CCCC(C)CCNC(=O)c1cnc(Br)s1. The molecular weight excluding hydrogens is 288 g/mol. The van der Waals surface area contributed by atoms with Gasteiger partial charge in [-0.2, -0.15) is 0 Å². The van der Waals surface area contributed by atoms with Crippen molar-refractivity contribution in [2.45, 2.75) is 33.1 Å². The highest BCUT2D eigenvalue weighted by atomic mass is 79.9. The van der Waals surface area contributed by atoms with E-state index in [1.165, 1.54) is 24.2 Å². The maximum atomic E-state index is 11.6. The largest absolute Gasteiger partial charge is 0.351 e. The van der Waals surface area contributed by atoms with Crippen LogP contribution in [0.2, 0.25) is 0 Å². The number of halogens is 1. The lowest BCUT2D eigenvalue weighted by atomic mass is 10.0. The van der Waals surface area contributed by atoms with Crippen LogP contribution in [0.3, 0.4) is 0 Å². The minimum Gasteiger partial charge on any atom is -0.351 e. The van der Waals surface area contributed by atoms with Crippen LogP contribution in [0.5, 0.6) is 0 Å². The third kappa shape index (κ3) is 4.61. The van der Waals surface area contributed by atoms with Crippen LogP contribution in [0, 0.1) is 5.92 Å². The fourth-order valence-corrected chi connectivity index (χ4v) is 2.70. The van der Waals surface area contributed by atoms with Gasteiger partial charge in [-0.15, -0.1) is 11.3 Å². The summed E-state index contributed by atoms with van der Waals surface area (Å²) < 4.78 is 0.747. The summed E-state index contributed by atoms with van der Waals surface area (Å²) in [6, 6.07) is 0. The van der Waals surface area contributed by atoms with Crippen LogP contribution in [-0.2, 0) is 0 Å². The summed E-state index contributed by atoms with van der Waals surface area (Å²) >= 11 is 4.60. The zero-order chi connectivity index (χ0) is 12.0. The fraction of sp³-hybridized carbons (Fsp3) is 0.636. The Morgan fingerprint density at radius 2 is 2.38 bits per heavy atom. The molecule has 0 saturated carbocycles. The van der Waals surface area contributed by atoms with E-state index in [1.807, 2.05) is 0 Å². The molecule has 0 fully saturated rings. The quantitative estimate of drug-likeness (QED) is 0.874. The van der Waals surface area contributed by atoms with Crippen molar-refractivity contribution in [2.24, 2.45) is 5.92 Å². The third-order valence-corrected chi connectivity index (χ3v) is 3.88. The average Bonchev–Trinajstić information content (AvgIpc) is 2.65. The van der Waals surface area contributed by atoms with Gasteiger partial charge in [0, 0.05) is 6.54 Å². The van der Waals surface area contributed by atoms with Gasteiger partial charge in [0.1, 0.15) is 4.88 Å². The van der Waals surface area contributed by atoms with Crippen molar-refractivity contribution in [3.8, 4) is 0 Å². The summed E-state index contributed by atoms with van der Waals surface area (Å²) in [6.45, 7) is 5.15. The van der Waals surface area contributed by atoms with Crippen molar-refractivity contribution >= 4 is 33.2 Å². The van der Waals surface area contributed by atoms with Crippen LogP contribution in [-0.4, -0.2) is 17.4 Å². The Labute approximate surface area is 109 Å². The number of carbonyl (C=O) groups is 1. The lowest BCUT2D eigenvalue weighted by Gasteiger charge is -2.09. The smallest absolute Gasteiger partial charge is 0.263 e. The summed E-state index contributed by atoms with van der Waals surface area (Å²) in [5, 5.41) is 2.91. The predicted octanol–water partition coefficient (Wildman–Crippen LogP) is 3.46. The van der Waals surface area contributed by atoms with Gasteiger partial charge in [0.15, 0.2) is 3.92 Å². The first-order valence-electron chi connectivity index (χ1n) is 5.53. The number of carbonyl (C=O) groups excluding carboxylic acids is 1. The standard InChI is InChI=1S/C11H17BrN2OS/c1-3-4-8(2)5-6-13-10(15)9-7-14-11(12)16-9/h7-8H,3-6H2,1-2H3,(H,13,15). The zero-order valence-corrected chi connectivity index (χ0v) is 12.0. The summed E-state index contributed by atoms with van der Waals surface area (Å²) in [4.78, 5) is 16.3. The van der Waals surface area contributed by atoms with Crippen LogP contribution < -0.4 is 5.32 Å². The molecule has 5 heteroatoms. The number of aromatic nitrogens is 1. The van der Waals surface area contributed by atoms with E-state index >= 15 is 0 Å². The normalized spacial score (nSPS) is 12.4. The van der Waals surface area contributed by atoms with E-state index < -0.39 is 0 Å². The molecule has 1 aromatic heterocycles. The molecule has 0 aliphatic heterocycles. The number of amides is 1. The fourth-order valence-electron chi connectivity index (χ4n) is 1.51. The number of rotatable bonds is 6. The Morgan fingerprint density at radius 3 is 2.94 bits per heavy atom. The van der Waals surface area contributed by atoms with Gasteiger partial charge in [-0.25, -0.2) is 4.98 Å². The van der Waals surface area contributed by atoms with Crippen molar-refractivity contribution in [3.63, 3.8) is 0 Å². The molecule has 0 aliphatic rings. The molecule has 1 N–H and O–H groups in total. The monoisotopic (exact) mass is 304 g/mol. The number of hydrogen-bond donors (Lipinski definition) is 1. The van der Waals surface area contributed by atoms with Crippen LogP contribution >= 0.6 is 27.3 Å². The molecule has 0 radical (unpaired) electrons. The number of nitrogens with zero attached hydrogens (tertiary/aromatic N) is 1. The zero-order valence-electron chi connectivity index (χ0n) is 9.62. The Hall–Kier alpha value is -0.420. The second kappa shape index (κ2) is 7.01. The molecule has 0 spiro atoms. The molecule has 90 valence electrons. The molecule has 1 unspecified atom stereocenters.